The van der Waals surface area contributed by atoms with E-state index in [0.29, 0.717) is 0 Å². The van der Waals surface area contributed by atoms with Gasteiger partial charge in [-0.15, -0.1) is 0 Å². The van der Waals surface area contributed by atoms with Crippen molar-refractivity contribution in [2.75, 3.05) is 38.5 Å². The Hall–Kier alpha value is -1.83. The van der Waals surface area contributed by atoms with Crippen LogP contribution in [0.1, 0.15) is 10.4 Å². The second-order valence-electron chi connectivity index (χ2n) is 4.88. The SMILES string of the molecule is Nc1c(F)cccc1C(=O)N1CCN(CC(F)(F)F)CC1. The molecular weight excluding hydrogens is 290 g/mol. The van der Waals surface area contributed by atoms with Gasteiger partial charge >= 0.3 is 6.18 Å². The average Bonchev–Trinajstić information content (AvgIpc) is 2.40. The molecule has 2 rings (SSSR count). The van der Waals surface area contributed by atoms with Crippen molar-refractivity contribution in [1.29, 1.82) is 0 Å². The minimum atomic E-state index is -4.25. The number of nitrogens with two attached hydrogens (primary N) is 1. The highest BCUT2D eigenvalue weighted by molar-refractivity contribution is 5.99. The van der Waals surface area contributed by atoms with Crippen LogP contribution in [-0.2, 0) is 0 Å². The molecule has 1 fully saturated rings. The van der Waals surface area contributed by atoms with Crippen molar-refractivity contribution < 1.29 is 22.4 Å². The molecule has 116 valence electrons. The van der Waals surface area contributed by atoms with Crippen molar-refractivity contribution in [1.82, 2.24) is 9.80 Å². The fourth-order valence-corrected chi connectivity index (χ4v) is 2.26. The molecular formula is C13H15F4N3O. The van der Waals surface area contributed by atoms with Crippen LogP contribution < -0.4 is 5.73 Å². The van der Waals surface area contributed by atoms with Gasteiger partial charge in [0.25, 0.3) is 5.91 Å². The van der Waals surface area contributed by atoms with E-state index in [9.17, 15) is 22.4 Å². The van der Waals surface area contributed by atoms with E-state index in [0.717, 1.165) is 6.07 Å². The number of alkyl halides is 3. The Morgan fingerprint density at radius 3 is 2.38 bits per heavy atom. The molecule has 1 aliphatic heterocycles. The van der Waals surface area contributed by atoms with Crippen LogP contribution in [0.4, 0.5) is 23.2 Å². The molecule has 0 saturated carbocycles. The van der Waals surface area contributed by atoms with Gasteiger partial charge in [-0.1, -0.05) is 6.07 Å². The molecule has 1 amide bonds. The zero-order chi connectivity index (χ0) is 15.6. The monoisotopic (exact) mass is 305 g/mol. The smallest absolute Gasteiger partial charge is 0.396 e. The Labute approximate surface area is 119 Å². The molecule has 0 atom stereocenters. The summed E-state index contributed by atoms with van der Waals surface area (Å²) < 4.78 is 50.2. The number of carbonyl (C=O) groups is 1. The van der Waals surface area contributed by atoms with E-state index in [1.165, 1.54) is 21.9 Å². The molecule has 1 heterocycles. The molecule has 0 unspecified atom stereocenters. The fourth-order valence-electron chi connectivity index (χ4n) is 2.26. The van der Waals surface area contributed by atoms with Crippen LogP contribution in [0.3, 0.4) is 0 Å². The maximum atomic E-state index is 13.3. The van der Waals surface area contributed by atoms with Gasteiger partial charge in [-0.05, 0) is 12.1 Å². The van der Waals surface area contributed by atoms with Gasteiger partial charge in [-0.2, -0.15) is 13.2 Å². The predicted octanol–water partition coefficient (Wildman–Crippen LogP) is 1.73. The molecule has 0 spiro atoms. The summed E-state index contributed by atoms with van der Waals surface area (Å²) in [5, 5.41) is 0. The van der Waals surface area contributed by atoms with Gasteiger partial charge in [-0.25, -0.2) is 4.39 Å². The van der Waals surface area contributed by atoms with Crippen molar-refractivity contribution in [3.8, 4) is 0 Å². The number of hydrogen-bond donors (Lipinski definition) is 1. The topological polar surface area (TPSA) is 49.6 Å². The molecule has 21 heavy (non-hydrogen) atoms. The number of rotatable bonds is 2. The number of para-hydroxylation sites is 1. The Bertz CT molecular complexity index is 525. The van der Waals surface area contributed by atoms with Gasteiger partial charge in [-0.3, -0.25) is 9.69 Å². The number of halogens is 4. The summed E-state index contributed by atoms with van der Waals surface area (Å²) in [6.45, 7) is -0.423. The number of benzene rings is 1. The van der Waals surface area contributed by atoms with E-state index >= 15 is 0 Å². The molecule has 4 nitrogen and oxygen atoms in total. The van der Waals surface area contributed by atoms with Crippen molar-refractivity contribution in [3.05, 3.63) is 29.6 Å². The van der Waals surface area contributed by atoms with E-state index in [1.54, 1.807) is 0 Å². The second-order valence-corrected chi connectivity index (χ2v) is 4.88. The maximum Gasteiger partial charge on any atom is 0.401 e. The van der Waals surface area contributed by atoms with Crippen molar-refractivity contribution >= 4 is 11.6 Å². The van der Waals surface area contributed by atoms with Crippen LogP contribution in [-0.4, -0.2) is 54.6 Å². The molecule has 8 heteroatoms. The minimum absolute atomic E-state index is 0.0410. The number of carbonyl (C=O) groups excluding carboxylic acids is 1. The lowest BCUT2D eigenvalue weighted by molar-refractivity contribution is -0.148. The Morgan fingerprint density at radius 2 is 1.81 bits per heavy atom. The predicted molar refractivity (Wildman–Crippen MR) is 69.2 cm³/mol. The lowest BCUT2D eigenvalue weighted by Gasteiger charge is -2.35. The van der Waals surface area contributed by atoms with Crippen molar-refractivity contribution in [2.45, 2.75) is 6.18 Å². The molecule has 0 bridgehead atoms. The summed E-state index contributed by atoms with van der Waals surface area (Å²) >= 11 is 0. The van der Waals surface area contributed by atoms with Crippen molar-refractivity contribution in [2.24, 2.45) is 0 Å². The zero-order valence-electron chi connectivity index (χ0n) is 11.2. The van der Waals surface area contributed by atoms with Crippen molar-refractivity contribution in [3.63, 3.8) is 0 Å². The third kappa shape index (κ3) is 3.84. The molecule has 1 aliphatic rings. The fraction of sp³-hybridized carbons (Fsp3) is 0.462. The van der Waals surface area contributed by atoms with Crippen LogP contribution >= 0.6 is 0 Å². The van der Waals surface area contributed by atoms with Crippen LogP contribution in [0.15, 0.2) is 18.2 Å². The Morgan fingerprint density at radius 1 is 1.19 bits per heavy atom. The lowest BCUT2D eigenvalue weighted by atomic mass is 10.1. The van der Waals surface area contributed by atoms with Crippen LogP contribution in [0.2, 0.25) is 0 Å². The third-order valence-corrected chi connectivity index (χ3v) is 3.35. The van der Waals surface area contributed by atoms with Gasteiger partial charge in [0.2, 0.25) is 0 Å². The highest BCUT2D eigenvalue weighted by atomic mass is 19.4. The normalized spacial score (nSPS) is 17.0. The summed E-state index contributed by atoms with van der Waals surface area (Å²) in [7, 11) is 0. The zero-order valence-corrected chi connectivity index (χ0v) is 11.2. The van der Waals surface area contributed by atoms with Crippen LogP contribution in [0, 0.1) is 5.82 Å². The summed E-state index contributed by atoms with van der Waals surface area (Å²) in [4.78, 5) is 14.8. The summed E-state index contributed by atoms with van der Waals surface area (Å²) in [6.07, 6.45) is -4.25. The van der Waals surface area contributed by atoms with Gasteiger partial charge in [0.1, 0.15) is 5.82 Å². The average molecular weight is 305 g/mol. The summed E-state index contributed by atoms with van der Waals surface area (Å²) in [6, 6.07) is 3.93. The van der Waals surface area contributed by atoms with Gasteiger partial charge in [0.15, 0.2) is 0 Å². The maximum absolute atomic E-state index is 13.3. The van der Waals surface area contributed by atoms with Gasteiger partial charge in [0, 0.05) is 26.2 Å². The first-order chi connectivity index (χ1) is 9.78. The quantitative estimate of drug-likeness (QED) is 0.669. The highest BCUT2D eigenvalue weighted by Crippen LogP contribution is 2.20. The van der Waals surface area contributed by atoms with E-state index in [4.69, 9.17) is 5.73 Å². The van der Waals surface area contributed by atoms with E-state index in [1.807, 2.05) is 0 Å². The number of nitrogen functional groups attached to an aromatic ring is 1. The molecule has 1 aromatic carbocycles. The molecule has 0 aliphatic carbocycles. The number of nitrogens with zero attached hydrogens (tertiary/aromatic N) is 2. The first-order valence-corrected chi connectivity index (χ1v) is 6.40. The lowest BCUT2D eigenvalue weighted by Crippen LogP contribution is -2.51. The Balaban J connectivity index is 1.99. The van der Waals surface area contributed by atoms with Gasteiger partial charge in [0.05, 0.1) is 17.8 Å². The minimum Gasteiger partial charge on any atom is -0.396 e. The standard InChI is InChI=1S/C13H15F4N3O/c14-10-3-1-2-9(11(10)18)12(21)20-6-4-19(5-7-20)8-13(15,16)17/h1-3H,4-8,18H2. The first kappa shape index (κ1) is 15.6. The number of piperazine rings is 1. The van der Waals surface area contributed by atoms with E-state index in [-0.39, 0.29) is 37.4 Å². The van der Waals surface area contributed by atoms with Gasteiger partial charge < -0.3 is 10.6 Å². The third-order valence-electron chi connectivity index (χ3n) is 3.35. The summed E-state index contributed by atoms with van der Waals surface area (Å²) in [5.41, 5.74) is 5.32. The molecule has 1 saturated heterocycles. The van der Waals surface area contributed by atoms with E-state index in [2.05, 4.69) is 0 Å². The van der Waals surface area contributed by atoms with Crippen LogP contribution in [0.25, 0.3) is 0 Å². The van der Waals surface area contributed by atoms with Crippen LogP contribution in [0.5, 0.6) is 0 Å². The molecule has 1 aromatic rings. The van der Waals surface area contributed by atoms with E-state index < -0.39 is 24.4 Å². The molecule has 2 N–H and O–H groups in total. The molecule has 0 radical (unpaired) electrons. The number of amides is 1. The highest BCUT2D eigenvalue weighted by Gasteiger charge is 2.33. The first-order valence-electron chi connectivity index (χ1n) is 6.40. The largest absolute Gasteiger partial charge is 0.401 e. The molecule has 0 aromatic heterocycles. The second kappa shape index (κ2) is 5.88. The Kier molecular flexibility index (Phi) is 4.36. The summed E-state index contributed by atoms with van der Waals surface area (Å²) in [5.74, 6) is -1.14. The number of hydrogen-bond acceptors (Lipinski definition) is 3. The number of anilines is 1.